The molecule has 2 aromatic carbocycles. The second-order valence-corrected chi connectivity index (χ2v) is 8.99. The lowest BCUT2D eigenvalue weighted by Gasteiger charge is -2.39. The molecule has 1 spiro atoms. The smallest absolute Gasteiger partial charge is 0.253 e. The van der Waals surface area contributed by atoms with Gasteiger partial charge in [0.15, 0.2) is 0 Å². The number of likely N-dealkylation sites (tertiary alicyclic amines) is 1. The zero-order valence-electron chi connectivity index (χ0n) is 18.4. The lowest BCUT2D eigenvalue weighted by atomic mass is 9.87. The molecule has 5 heteroatoms. The Morgan fingerprint density at radius 1 is 1.07 bits per heavy atom. The molecule has 160 valence electrons. The molecule has 4 rings (SSSR count). The molecule has 0 radical (unpaired) electrons. The molecule has 2 heterocycles. The highest BCUT2D eigenvalue weighted by molar-refractivity contribution is 5.95. The summed E-state index contributed by atoms with van der Waals surface area (Å²) in [6, 6.07) is 18.9. The highest BCUT2D eigenvalue weighted by Crippen LogP contribution is 2.38. The summed E-state index contributed by atoms with van der Waals surface area (Å²) in [5, 5.41) is 0. The zero-order chi connectivity index (χ0) is 21.1. The molecule has 0 aromatic heterocycles. The molecule has 30 heavy (non-hydrogen) atoms. The standard InChI is InChI=1S/C25H33N3O2/c1-26(2)22-11-7-10-21(16-22)24(29)28-14-12-25(13-15-28)17-23(19-30-25)27(3)18-20-8-5-4-6-9-20/h4-11,16,23H,12-15,17-19H2,1-3H3/t23-/m0/s1. The van der Waals surface area contributed by atoms with Gasteiger partial charge in [0.2, 0.25) is 0 Å². The third-order valence-electron chi connectivity index (χ3n) is 6.66. The summed E-state index contributed by atoms with van der Waals surface area (Å²) < 4.78 is 6.35. The first kappa shape index (κ1) is 20.9. The number of hydrogen-bond acceptors (Lipinski definition) is 4. The number of carbonyl (C=O) groups is 1. The summed E-state index contributed by atoms with van der Waals surface area (Å²) in [5.74, 6) is 0.129. The predicted octanol–water partition coefficient (Wildman–Crippen LogP) is 3.65. The van der Waals surface area contributed by atoms with Crippen LogP contribution in [-0.4, -0.2) is 68.2 Å². The van der Waals surface area contributed by atoms with Crippen molar-refractivity contribution < 1.29 is 9.53 Å². The summed E-state index contributed by atoms with van der Waals surface area (Å²) in [4.78, 5) is 19.4. The predicted molar refractivity (Wildman–Crippen MR) is 121 cm³/mol. The van der Waals surface area contributed by atoms with Crippen LogP contribution in [0, 0.1) is 0 Å². The lowest BCUT2D eigenvalue weighted by Crippen LogP contribution is -2.47. The molecular weight excluding hydrogens is 374 g/mol. The van der Waals surface area contributed by atoms with Gasteiger partial charge in [0, 0.05) is 51.0 Å². The molecule has 2 aliphatic rings. The number of amides is 1. The Morgan fingerprint density at radius 3 is 2.50 bits per heavy atom. The second kappa shape index (κ2) is 8.78. The van der Waals surface area contributed by atoms with Crippen molar-refractivity contribution >= 4 is 11.6 Å². The van der Waals surface area contributed by atoms with E-state index in [0.29, 0.717) is 6.04 Å². The first-order chi connectivity index (χ1) is 14.5. The summed E-state index contributed by atoms with van der Waals surface area (Å²) in [6.07, 6.45) is 2.89. The van der Waals surface area contributed by atoms with E-state index in [4.69, 9.17) is 4.74 Å². The van der Waals surface area contributed by atoms with Crippen LogP contribution >= 0.6 is 0 Å². The maximum absolute atomic E-state index is 13.0. The molecule has 0 unspecified atom stereocenters. The van der Waals surface area contributed by atoms with E-state index >= 15 is 0 Å². The van der Waals surface area contributed by atoms with E-state index in [1.807, 2.05) is 48.2 Å². The monoisotopic (exact) mass is 407 g/mol. The lowest BCUT2D eigenvalue weighted by molar-refractivity contribution is -0.0393. The van der Waals surface area contributed by atoms with Gasteiger partial charge in [0.25, 0.3) is 5.91 Å². The van der Waals surface area contributed by atoms with Gasteiger partial charge in [-0.1, -0.05) is 36.4 Å². The van der Waals surface area contributed by atoms with Crippen LogP contribution < -0.4 is 4.90 Å². The Labute approximate surface area is 180 Å². The van der Waals surface area contributed by atoms with Gasteiger partial charge in [-0.2, -0.15) is 0 Å². The largest absolute Gasteiger partial charge is 0.378 e. The second-order valence-electron chi connectivity index (χ2n) is 8.99. The van der Waals surface area contributed by atoms with Crippen LogP contribution in [0.3, 0.4) is 0 Å². The normalized spacial score (nSPS) is 20.7. The molecule has 2 aliphatic heterocycles. The van der Waals surface area contributed by atoms with Crippen molar-refractivity contribution in [2.75, 3.05) is 45.7 Å². The van der Waals surface area contributed by atoms with Gasteiger partial charge in [0.05, 0.1) is 12.2 Å². The third-order valence-corrected chi connectivity index (χ3v) is 6.66. The highest BCUT2D eigenvalue weighted by atomic mass is 16.5. The van der Waals surface area contributed by atoms with Gasteiger partial charge in [-0.25, -0.2) is 0 Å². The van der Waals surface area contributed by atoms with E-state index in [9.17, 15) is 4.79 Å². The minimum Gasteiger partial charge on any atom is -0.378 e. The van der Waals surface area contributed by atoms with E-state index in [1.54, 1.807) is 0 Å². The van der Waals surface area contributed by atoms with Crippen molar-refractivity contribution in [2.24, 2.45) is 0 Å². The van der Waals surface area contributed by atoms with Crippen LogP contribution in [0.5, 0.6) is 0 Å². The highest BCUT2D eigenvalue weighted by Gasteiger charge is 2.44. The van der Waals surface area contributed by atoms with E-state index in [2.05, 4.69) is 42.3 Å². The van der Waals surface area contributed by atoms with Gasteiger partial charge >= 0.3 is 0 Å². The quantitative estimate of drug-likeness (QED) is 0.758. The Bertz CT molecular complexity index is 860. The van der Waals surface area contributed by atoms with E-state index < -0.39 is 0 Å². The van der Waals surface area contributed by atoms with Gasteiger partial charge in [-0.05, 0) is 50.1 Å². The van der Waals surface area contributed by atoms with Crippen molar-refractivity contribution in [1.82, 2.24) is 9.80 Å². The number of rotatable bonds is 5. The van der Waals surface area contributed by atoms with Gasteiger partial charge in [-0.15, -0.1) is 0 Å². The Hall–Kier alpha value is -2.37. The summed E-state index contributed by atoms with van der Waals surface area (Å²) in [7, 11) is 6.18. The third kappa shape index (κ3) is 4.52. The molecule has 1 amide bonds. The summed E-state index contributed by atoms with van der Waals surface area (Å²) in [6.45, 7) is 3.25. The van der Waals surface area contributed by atoms with Gasteiger partial charge < -0.3 is 14.5 Å². The minimum absolute atomic E-state index is 0.0715. The van der Waals surface area contributed by atoms with Crippen LogP contribution in [0.25, 0.3) is 0 Å². The number of piperidine rings is 1. The summed E-state index contributed by atoms with van der Waals surface area (Å²) in [5.41, 5.74) is 3.08. The average molecular weight is 408 g/mol. The number of nitrogens with zero attached hydrogens (tertiary/aromatic N) is 3. The first-order valence-electron chi connectivity index (χ1n) is 10.9. The Morgan fingerprint density at radius 2 is 1.80 bits per heavy atom. The molecule has 0 aliphatic carbocycles. The number of ether oxygens (including phenoxy) is 1. The molecule has 2 aromatic rings. The number of benzene rings is 2. The fourth-order valence-corrected chi connectivity index (χ4v) is 4.67. The molecule has 1 atom stereocenters. The zero-order valence-corrected chi connectivity index (χ0v) is 18.4. The topological polar surface area (TPSA) is 36.0 Å². The maximum atomic E-state index is 13.0. The maximum Gasteiger partial charge on any atom is 0.253 e. The number of likely N-dealkylation sites (N-methyl/N-ethyl adjacent to an activating group) is 1. The molecule has 0 bridgehead atoms. The average Bonchev–Trinajstić information content (AvgIpc) is 3.18. The van der Waals surface area contributed by atoms with Crippen molar-refractivity contribution in [3.05, 3.63) is 65.7 Å². The van der Waals surface area contributed by atoms with Crippen molar-refractivity contribution in [3.8, 4) is 0 Å². The Balaban J connectivity index is 1.33. The van der Waals surface area contributed by atoms with Crippen LogP contribution in [0.1, 0.15) is 35.2 Å². The Kier molecular flexibility index (Phi) is 6.11. The van der Waals surface area contributed by atoms with Crippen molar-refractivity contribution in [2.45, 2.75) is 37.5 Å². The molecule has 5 nitrogen and oxygen atoms in total. The van der Waals surface area contributed by atoms with Gasteiger partial charge in [-0.3, -0.25) is 9.69 Å². The molecule has 0 saturated carbocycles. The van der Waals surface area contributed by atoms with E-state index in [1.165, 1.54) is 5.56 Å². The van der Waals surface area contributed by atoms with Crippen molar-refractivity contribution in [1.29, 1.82) is 0 Å². The molecule has 2 saturated heterocycles. The number of hydrogen-bond donors (Lipinski definition) is 0. The molecule has 0 N–H and O–H groups in total. The van der Waals surface area contributed by atoms with Crippen LogP contribution in [0.2, 0.25) is 0 Å². The van der Waals surface area contributed by atoms with Gasteiger partial charge in [0.1, 0.15) is 0 Å². The van der Waals surface area contributed by atoms with Crippen LogP contribution in [-0.2, 0) is 11.3 Å². The molecule has 2 fully saturated rings. The van der Waals surface area contributed by atoms with Crippen molar-refractivity contribution in [3.63, 3.8) is 0 Å². The van der Waals surface area contributed by atoms with Crippen LogP contribution in [0.15, 0.2) is 54.6 Å². The van der Waals surface area contributed by atoms with E-state index in [-0.39, 0.29) is 11.5 Å². The summed E-state index contributed by atoms with van der Waals surface area (Å²) >= 11 is 0. The van der Waals surface area contributed by atoms with Crippen LogP contribution in [0.4, 0.5) is 5.69 Å². The fourth-order valence-electron chi connectivity index (χ4n) is 4.67. The number of carbonyl (C=O) groups excluding carboxylic acids is 1. The SMILES string of the molecule is CN(C)c1cccc(C(=O)N2CCC3(CC2)C[C@H](N(C)Cc2ccccc2)CO3)c1. The molecular formula is C25H33N3O2. The fraction of sp³-hybridized carbons (Fsp3) is 0.480. The van der Waals surface area contributed by atoms with E-state index in [0.717, 1.165) is 56.8 Å². The minimum atomic E-state index is -0.0715. The first-order valence-corrected chi connectivity index (χ1v) is 10.9. The number of anilines is 1.